The maximum absolute atomic E-state index is 12.3. The van der Waals surface area contributed by atoms with E-state index >= 15 is 0 Å². The highest BCUT2D eigenvalue weighted by atomic mass is 16.5. The van der Waals surface area contributed by atoms with Crippen molar-refractivity contribution in [3.05, 3.63) is 34.7 Å². The number of nitrogens with zero attached hydrogens (tertiary/aromatic N) is 2. The van der Waals surface area contributed by atoms with E-state index in [9.17, 15) is 9.59 Å². The number of aromatic amines is 1. The van der Waals surface area contributed by atoms with E-state index < -0.39 is 0 Å². The predicted molar refractivity (Wildman–Crippen MR) is 88.5 cm³/mol. The van der Waals surface area contributed by atoms with Crippen molar-refractivity contribution < 1.29 is 9.53 Å². The molecule has 0 radical (unpaired) electrons. The van der Waals surface area contributed by atoms with Gasteiger partial charge in [0.25, 0.3) is 0 Å². The molecule has 1 aromatic carbocycles. The minimum absolute atomic E-state index is 0.0527. The highest BCUT2D eigenvalue weighted by molar-refractivity contribution is 5.75. The van der Waals surface area contributed by atoms with E-state index in [0.717, 1.165) is 37.0 Å². The van der Waals surface area contributed by atoms with E-state index in [1.54, 1.807) is 0 Å². The normalized spacial score (nSPS) is 18.2. The zero-order valence-corrected chi connectivity index (χ0v) is 13.6. The predicted octanol–water partition coefficient (Wildman–Crippen LogP) is 1.92. The van der Waals surface area contributed by atoms with Gasteiger partial charge in [-0.3, -0.25) is 14.3 Å². The number of nitrogens with one attached hydrogen (secondary N) is 1. The lowest BCUT2D eigenvalue weighted by atomic mass is 10.0. The number of aromatic nitrogens is 2. The lowest BCUT2D eigenvalue weighted by molar-refractivity contribution is -0.149. The molecule has 1 N–H and O–H groups in total. The second kappa shape index (κ2) is 6.58. The molecule has 6 nitrogen and oxygen atoms in total. The number of H-pyrrole nitrogens is 1. The molecule has 2 heterocycles. The number of rotatable bonds is 4. The van der Waals surface area contributed by atoms with Crippen LogP contribution in [-0.2, 0) is 9.53 Å². The van der Waals surface area contributed by atoms with Crippen LogP contribution in [0.25, 0.3) is 11.0 Å². The largest absolute Gasteiger partial charge is 0.465 e. The van der Waals surface area contributed by atoms with Crippen molar-refractivity contribution in [3.8, 4) is 0 Å². The van der Waals surface area contributed by atoms with Crippen LogP contribution in [0.5, 0.6) is 0 Å². The van der Waals surface area contributed by atoms with E-state index in [0.29, 0.717) is 6.61 Å². The molecule has 2 aromatic rings. The molecule has 1 aliphatic heterocycles. The summed E-state index contributed by atoms with van der Waals surface area (Å²) in [5, 5.41) is 0. The van der Waals surface area contributed by atoms with Crippen molar-refractivity contribution in [1.82, 2.24) is 14.5 Å². The average molecular weight is 317 g/mol. The summed E-state index contributed by atoms with van der Waals surface area (Å²) in [5.74, 6) is -0.171. The summed E-state index contributed by atoms with van der Waals surface area (Å²) in [6, 6.07) is 7.71. The number of carbonyl (C=O) groups is 1. The smallest absolute Gasteiger partial charge is 0.326 e. The standard InChI is InChI=1S/C17H23N3O3/c1-3-23-16(21)12(2)19-10-8-13(9-11-19)20-15-7-5-4-6-14(15)18-17(20)22/h4-7,12-13H,3,8-11H2,1-2H3,(H,18,22)/t12-/m1/s1. The van der Waals surface area contributed by atoms with Crippen LogP contribution in [0.1, 0.15) is 32.7 Å². The first-order chi connectivity index (χ1) is 11.1. The molecule has 6 heteroatoms. The molecule has 124 valence electrons. The van der Waals surface area contributed by atoms with Crippen molar-refractivity contribution in [3.63, 3.8) is 0 Å². The fourth-order valence-electron chi connectivity index (χ4n) is 3.38. The van der Waals surface area contributed by atoms with Gasteiger partial charge in [0, 0.05) is 19.1 Å². The van der Waals surface area contributed by atoms with Crippen LogP contribution in [0.3, 0.4) is 0 Å². The van der Waals surface area contributed by atoms with Crippen molar-refractivity contribution in [1.29, 1.82) is 0 Å². The third kappa shape index (κ3) is 3.03. The minimum Gasteiger partial charge on any atom is -0.465 e. The first kappa shape index (κ1) is 15.8. The zero-order valence-electron chi connectivity index (χ0n) is 13.6. The highest BCUT2D eigenvalue weighted by Crippen LogP contribution is 2.25. The first-order valence-corrected chi connectivity index (χ1v) is 8.21. The van der Waals surface area contributed by atoms with Gasteiger partial charge in [0.1, 0.15) is 6.04 Å². The number of hydrogen-bond donors (Lipinski definition) is 1. The van der Waals surface area contributed by atoms with Crippen molar-refractivity contribution in [2.45, 2.75) is 38.8 Å². The molecule has 0 unspecified atom stereocenters. The molecule has 0 amide bonds. The van der Waals surface area contributed by atoms with Crippen molar-refractivity contribution >= 4 is 17.0 Å². The van der Waals surface area contributed by atoms with Gasteiger partial charge in [0.05, 0.1) is 17.6 Å². The van der Waals surface area contributed by atoms with Gasteiger partial charge in [-0.2, -0.15) is 0 Å². The van der Waals surface area contributed by atoms with Gasteiger partial charge in [-0.05, 0) is 38.8 Å². The second-order valence-corrected chi connectivity index (χ2v) is 6.01. The fourth-order valence-corrected chi connectivity index (χ4v) is 3.38. The van der Waals surface area contributed by atoms with Gasteiger partial charge in [0.15, 0.2) is 0 Å². The summed E-state index contributed by atoms with van der Waals surface area (Å²) in [6.45, 7) is 5.69. The zero-order chi connectivity index (χ0) is 16.4. The number of esters is 1. The monoisotopic (exact) mass is 317 g/mol. The first-order valence-electron chi connectivity index (χ1n) is 8.21. The van der Waals surface area contributed by atoms with E-state index in [1.165, 1.54) is 0 Å². The summed E-state index contributed by atoms with van der Waals surface area (Å²) in [4.78, 5) is 29.2. The summed E-state index contributed by atoms with van der Waals surface area (Å²) in [7, 11) is 0. The SMILES string of the molecule is CCOC(=O)[C@@H](C)N1CCC(n2c(=O)[nH]c3ccccc32)CC1. The van der Waals surface area contributed by atoms with E-state index in [-0.39, 0.29) is 23.7 Å². The van der Waals surface area contributed by atoms with Crippen molar-refractivity contribution in [2.24, 2.45) is 0 Å². The molecule has 1 fully saturated rings. The number of ether oxygens (including phenoxy) is 1. The molecule has 0 saturated carbocycles. The number of fused-ring (bicyclic) bond motifs is 1. The van der Waals surface area contributed by atoms with Crippen LogP contribution < -0.4 is 5.69 Å². The van der Waals surface area contributed by atoms with E-state index in [1.807, 2.05) is 42.7 Å². The molecular weight excluding hydrogens is 294 g/mol. The van der Waals surface area contributed by atoms with Crippen LogP contribution in [0, 0.1) is 0 Å². The summed E-state index contributed by atoms with van der Waals surface area (Å²) >= 11 is 0. The van der Waals surface area contributed by atoms with Crippen molar-refractivity contribution in [2.75, 3.05) is 19.7 Å². The molecule has 0 bridgehead atoms. The minimum atomic E-state index is -0.226. The van der Waals surface area contributed by atoms with Crippen LogP contribution in [0.2, 0.25) is 0 Å². The molecule has 1 aromatic heterocycles. The topological polar surface area (TPSA) is 67.3 Å². The number of hydrogen-bond acceptors (Lipinski definition) is 4. The summed E-state index contributed by atoms with van der Waals surface area (Å²) in [6.07, 6.45) is 1.71. The lowest BCUT2D eigenvalue weighted by Gasteiger charge is -2.35. The van der Waals surface area contributed by atoms with Gasteiger partial charge in [-0.15, -0.1) is 0 Å². The number of imidazole rings is 1. The Morgan fingerprint density at radius 2 is 2.04 bits per heavy atom. The van der Waals surface area contributed by atoms with E-state index in [4.69, 9.17) is 4.74 Å². The summed E-state index contributed by atoms with van der Waals surface area (Å²) < 4.78 is 6.95. The van der Waals surface area contributed by atoms with E-state index in [2.05, 4.69) is 9.88 Å². The number of para-hydroxylation sites is 2. The second-order valence-electron chi connectivity index (χ2n) is 6.01. The van der Waals surface area contributed by atoms with Crippen LogP contribution in [-0.4, -0.2) is 46.2 Å². The number of benzene rings is 1. The Kier molecular flexibility index (Phi) is 4.52. The van der Waals surface area contributed by atoms with Gasteiger partial charge >= 0.3 is 11.7 Å². The van der Waals surface area contributed by atoms with Crippen LogP contribution in [0.4, 0.5) is 0 Å². The molecule has 1 aliphatic rings. The van der Waals surface area contributed by atoms with Crippen LogP contribution in [0.15, 0.2) is 29.1 Å². The number of piperidine rings is 1. The molecule has 1 atom stereocenters. The number of carbonyl (C=O) groups excluding carboxylic acids is 1. The average Bonchev–Trinajstić information content (AvgIpc) is 2.90. The quantitative estimate of drug-likeness (QED) is 0.875. The Bertz CT molecular complexity index is 741. The molecule has 0 aliphatic carbocycles. The Hall–Kier alpha value is -2.08. The fraction of sp³-hybridized carbons (Fsp3) is 0.529. The third-order valence-corrected chi connectivity index (χ3v) is 4.66. The third-order valence-electron chi connectivity index (χ3n) is 4.66. The molecular formula is C17H23N3O3. The molecule has 23 heavy (non-hydrogen) atoms. The maximum Gasteiger partial charge on any atom is 0.326 e. The van der Waals surface area contributed by atoms with Gasteiger partial charge in [0.2, 0.25) is 0 Å². The maximum atomic E-state index is 12.3. The number of likely N-dealkylation sites (tertiary alicyclic amines) is 1. The van der Waals surface area contributed by atoms with Crippen LogP contribution >= 0.6 is 0 Å². The Morgan fingerprint density at radius 1 is 1.35 bits per heavy atom. The summed E-state index contributed by atoms with van der Waals surface area (Å²) in [5.41, 5.74) is 1.78. The van der Waals surface area contributed by atoms with Gasteiger partial charge < -0.3 is 9.72 Å². The Balaban J connectivity index is 1.72. The molecule has 3 rings (SSSR count). The highest BCUT2D eigenvalue weighted by Gasteiger charge is 2.29. The van der Waals surface area contributed by atoms with Gasteiger partial charge in [-0.25, -0.2) is 4.79 Å². The van der Waals surface area contributed by atoms with Gasteiger partial charge in [-0.1, -0.05) is 12.1 Å². The lowest BCUT2D eigenvalue weighted by Crippen LogP contribution is -2.45. The Labute approximate surface area is 135 Å². The Morgan fingerprint density at radius 3 is 2.74 bits per heavy atom. The molecule has 0 spiro atoms. The molecule has 1 saturated heterocycles.